The first-order chi connectivity index (χ1) is 21.8. The summed E-state index contributed by atoms with van der Waals surface area (Å²) in [5.74, 6) is -1.13. The summed E-state index contributed by atoms with van der Waals surface area (Å²) in [6.45, 7) is -0.749. The fraction of sp³-hybridized carbons (Fsp3) is 0.625. The molecule has 2 saturated carbocycles. The molecule has 8 unspecified atom stereocenters. The van der Waals surface area contributed by atoms with Gasteiger partial charge in [-0.1, -0.05) is 30.4 Å². The van der Waals surface area contributed by atoms with E-state index in [2.05, 4.69) is 5.32 Å². The van der Waals surface area contributed by atoms with Crippen LogP contribution in [-0.2, 0) is 28.5 Å². The summed E-state index contributed by atoms with van der Waals surface area (Å²) in [5.41, 5.74) is 1.21. The van der Waals surface area contributed by atoms with E-state index in [1.165, 1.54) is 0 Å². The number of aliphatic hydroxyl groups is 5. The highest BCUT2D eigenvalue weighted by molar-refractivity contribution is 5.95. The summed E-state index contributed by atoms with van der Waals surface area (Å²) in [5, 5.41) is 51.3. The summed E-state index contributed by atoms with van der Waals surface area (Å²) >= 11 is 0. The first-order valence-electron chi connectivity index (χ1n) is 15.6. The van der Waals surface area contributed by atoms with Crippen LogP contribution in [0.25, 0.3) is 6.08 Å². The van der Waals surface area contributed by atoms with Crippen LogP contribution in [-0.4, -0.2) is 119 Å². The Kier molecular flexibility index (Phi) is 9.71. The number of carbonyl (C=O) groups excluding carboxylic acids is 2. The van der Waals surface area contributed by atoms with E-state index in [0.29, 0.717) is 11.1 Å². The number of hydrogen-bond donors (Lipinski definition) is 6. The molecule has 0 aromatic heterocycles. The molecule has 1 aromatic carbocycles. The highest BCUT2D eigenvalue weighted by atomic mass is 16.8. The highest BCUT2D eigenvalue weighted by Gasteiger charge is 2.64. The van der Waals surface area contributed by atoms with Crippen LogP contribution >= 0.6 is 0 Å². The third-order valence-corrected chi connectivity index (χ3v) is 9.04. The molecule has 2 aliphatic heterocycles. The normalized spacial score (nSPS) is 34.3. The smallest absolute Gasteiger partial charge is 0.339 e. The lowest BCUT2D eigenvalue weighted by molar-refractivity contribution is -0.298. The van der Waals surface area contributed by atoms with Crippen LogP contribution in [0.1, 0.15) is 48.0 Å². The molecule has 5 aliphatic rings. The maximum atomic E-state index is 13.6. The molecule has 3 aliphatic carbocycles. The number of fused-ring (bicyclic) bond motifs is 1. The topological polar surface area (TPSA) is 193 Å². The molecule has 4 fully saturated rings. The van der Waals surface area contributed by atoms with Gasteiger partial charge >= 0.3 is 5.97 Å². The Morgan fingerprint density at radius 1 is 1.00 bits per heavy atom. The number of benzene rings is 1. The van der Waals surface area contributed by atoms with Crippen molar-refractivity contribution >= 4 is 18.0 Å². The van der Waals surface area contributed by atoms with Gasteiger partial charge in [0.15, 0.2) is 12.1 Å². The molecule has 45 heavy (non-hydrogen) atoms. The number of hydrogen-bond acceptors (Lipinski definition) is 12. The van der Waals surface area contributed by atoms with E-state index in [-0.39, 0.29) is 49.5 Å². The van der Waals surface area contributed by atoms with Gasteiger partial charge in [0.2, 0.25) is 5.91 Å². The monoisotopic (exact) mass is 631 g/mol. The van der Waals surface area contributed by atoms with Crippen molar-refractivity contribution < 1.29 is 58.8 Å². The van der Waals surface area contributed by atoms with Crippen molar-refractivity contribution in [1.29, 1.82) is 0 Å². The number of carbonyl (C=O) groups is 2. The first kappa shape index (κ1) is 32.2. The van der Waals surface area contributed by atoms with Crippen LogP contribution in [0.2, 0.25) is 0 Å². The molecule has 1 amide bonds. The number of ether oxygens (including phenoxy) is 5. The largest absolute Gasteiger partial charge is 0.456 e. The molecule has 1 aromatic rings. The van der Waals surface area contributed by atoms with E-state index in [1.807, 2.05) is 0 Å². The second-order valence-corrected chi connectivity index (χ2v) is 12.3. The molecule has 246 valence electrons. The molecule has 6 rings (SSSR count). The number of amides is 1. The summed E-state index contributed by atoms with van der Waals surface area (Å²) in [6.07, 6.45) is 0.306. The van der Waals surface area contributed by atoms with Crippen molar-refractivity contribution in [2.24, 2.45) is 11.8 Å². The van der Waals surface area contributed by atoms with Crippen molar-refractivity contribution in [2.45, 2.75) is 86.9 Å². The van der Waals surface area contributed by atoms with Crippen molar-refractivity contribution in [3.05, 3.63) is 53.1 Å². The fourth-order valence-electron chi connectivity index (χ4n) is 6.41. The van der Waals surface area contributed by atoms with Gasteiger partial charge in [0.1, 0.15) is 42.7 Å². The minimum Gasteiger partial charge on any atom is -0.456 e. The zero-order valence-corrected chi connectivity index (χ0v) is 24.8. The van der Waals surface area contributed by atoms with Crippen molar-refractivity contribution in [1.82, 2.24) is 5.32 Å². The molecule has 6 N–H and O–H groups in total. The molecule has 0 radical (unpaired) electrons. The van der Waals surface area contributed by atoms with Crippen molar-refractivity contribution in [3.8, 4) is 0 Å². The predicted octanol–water partition coefficient (Wildman–Crippen LogP) is -0.219. The fourth-order valence-corrected chi connectivity index (χ4v) is 6.41. The second-order valence-electron chi connectivity index (χ2n) is 12.3. The van der Waals surface area contributed by atoms with E-state index in [1.54, 1.807) is 42.5 Å². The van der Waals surface area contributed by atoms with Crippen molar-refractivity contribution in [3.63, 3.8) is 0 Å². The van der Waals surface area contributed by atoms with Crippen molar-refractivity contribution in [2.75, 3.05) is 26.4 Å². The molecule has 0 bridgehead atoms. The SMILES string of the molecule is O=C(NCCO)C1=CC2OC(C3CC3)(C3CC3)OC2C(OC(=O)c2ccccc2C=CCOC2OC(CO)C(O)C(O)C2O)C1. The van der Waals surface area contributed by atoms with Gasteiger partial charge < -0.3 is 54.5 Å². The summed E-state index contributed by atoms with van der Waals surface area (Å²) in [7, 11) is 0. The van der Waals surface area contributed by atoms with Gasteiger partial charge in [-0.15, -0.1) is 0 Å². The highest BCUT2D eigenvalue weighted by Crippen LogP contribution is 2.59. The molecule has 2 heterocycles. The van der Waals surface area contributed by atoms with Gasteiger partial charge in [-0.3, -0.25) is 4.79 Å². The summed E-state index contributed by atoms with van der Waals surface area (Å²) in [6, 6.07) is 6.80. The maximum Gasteiger partial charge on any atom is 0.339 e. The van der Waals surface area contributed by atoms with Gasteiger partial charge in [0.25, 0.3) is 0 Å². The summed E-state index contributed by atoms with van der Waals surface area (Å²) < 4.78 is 30.1. The van der Waals surface area contributed by atoms with E-state index in [0.717, 1.165) is 25.7 Å². The Bertz CT molecular complexity index is 1280. The van der Waals surface area contributed by atoms with Crippen LogP contribution in [0.4, 0.5) is 0 Å². The van der Waals surface area contributed by atoms with Gasteiger partial charge in [-0.05, 0) is 43.4 Å². The lowest BCUT2D eigenvalue weighted by atomic mass is 9.91. The lowest BCUT2D eigenvalue weighted by Crippen LogP contribution is -2.59. The van der Waals surface area contributed by atoms with Gasteiger partial charge in [0, 0.05) is 30.4 Å². The van der Waals surface area contributed by atoms with Crippen LogP contribution < -0.4 is 5.32 Å². The van der Waals surface area contributed by atoms with E-state index >= 15 is 0 Å². The molecule has 2 saturated heterocycles. The van der Waals surface area contributed by atoms with Gasteiger partial charge in [0.05, 0.1) is 25.4 Å². The Morgan fingerprint density at radius 3 is 2.42 bits per heavy atom. The third kappa shape index (κ3) is 6.73. The van der Waals surface area contributed by atoms with Crippen LogP contribution in [0.5, 0.6) is 0 Å². The number of rotatable bonds is 12. The summed E-state index contributed by atoms with van der Waals surface area (Å²) in [4.78, 5) is 26.5. The third-order valence-electron chi connectivity index (χ3n) is 9.04. The number of esters is 1. The standard InChI is InChI=1S/C32H41NO12/c34-12-11-33-29(39)18-14-22(28-23(15-18)44-32(45-28,19-7-8-19)20-9-10-20)42-30(40)21-6-2-1-4-17(21)5-3-13-41-31-27(38)26(37)25(36)24(16-35)43-31/h1-6,15,19-20,22-28,31,34-38H,7-14,16H2,(H,33,39). The first-order valence-corrected chi connectivity index (χ1v) is 15.6. The number of nitrogens with one attached hydrogen (secondary N) is 1. The van der Waals surface area contributed by atoms with Gasteiger partial charge in [-0.25, -0.2) is 4.79 Å². The molecule has 0 spiro atoms. The average molecular weight is 632 g/mol. The van der Waals surface area contributed by atoms with Gasteiger partial charge in [-0.2, -0.15) is 0 Å². The molecule has 8 atom stereocenters. The van der Waals surface area contributed by atoms with Crippen LogP contribution in [0.15, 0.2) is 42.0 Å². The molecular weight excluding hydrogens is 590 g/mol. The Labute approximate surface area is 260 Å². The molecule has 13 nitrogen and oxygen atoms in total. The van der Waals surface area contributed by atoms with Crippen LogP contribution in [0.3, 0.4) is 0 Å². The molecular formula is C32H41NO12. The Morgan fingerprint density at radius 2 is 1.73 bits per heavy atom. The zero-order chi connectivity index (χ0) is 31.7. The minimum atomic E-state index is -1.55. The zero-order valence-electron chi connectivity index (χ0n) is 24.8. The van der Waals surface area contributed by atoms with E-state index in [4.69, 9.17) is 23.7 Å². The lowest BCUT2D eigenvalue weighted by Gasteiger charge is -2.39. The van der Waals surface area contributed by atoms with E-state index < -0.39 is 67.4 Å². The van der Waals surface area contributed by atoms with E-state index in [9.17, 15) is 35.1 Å². The maximum absolute atomic E-state index is 13.6. The minimum absolute atomic E-state index is 0.0782. The number of aliphatic hydroxyl groups excluding tert-OH is 5. The van der Waals surface area contributed by atoms with Crippen LogP contribution in [0, 0.1) is 11.8 Å². The Balaban J connectivity index is 1.14. The average Bonchev–Trinajstić information content (AvgIpc) is 3.99. The molecule has 13 heteroatoms. The predicted molar refractivity (Wildman–Crippen MR) is 155 cm³/mol. The Hall–Kier alpha value is -2.72. The second kappa shape index (κ2) is 13.6. The quantitative estimate of drug-likeness (QED) is 0.166.